The minimum absolute atomic E-state index is 0.239. The molecule has 5 atom stereocenters. The van der Waals surface area contributed by atoms with Crippen molar-refractivity contribution < 1.29 is 43.2 Å². The van der Waals surface area contributed by atoms with Gasteiger partial charge >= 0.3 is 17.9 Å². The van der Waals surface area contributed by atoms with E-state index in [4.69, 9.17) is 23.7 Å². The quantitative estimate of drug-likeness (QED) is 0.214. The normalized spacial score (nSPS) is 22.2. The van der Waals surface area contributed by atoms with E-state index in [1.807, 2.05) is 6.92 Å². The maximum Gasteiger partial charge on any atom is 0.338 e. The first-order valence-corrected chi connectivity index (χ1v) is 13.2. The van der Waals surface area contributed by atoms with E-state index in [0.29, 0.717) is 12.0 Å². The van der Waals surface area contributed by atoms with Gasteiger partial charge in [-0.25, -0.2) is 14.4 Å². The molecule has 3 aromatic carbocycles. The van der Waals surface area contributed by atoms with Crippen molar-refractivity contribution in [3.8, 4) is 0 Å². The number of hydrogen-bond donors (Lipinski definition) is 1. The number of aliphatic hydroxyl groups excluding tert-OH is 1. The molecule has 1 aliphatic heterocycles. The van der Waals surface area contributed by atoms with Crippen LogP contribution in [0.4, 0.5) is 0 Å². The summed E-state index contributed by atoms with van der Waals surface area (Å²) in [6.45, 7) is 1.86. The summed E-state index contributed by atoms with van der Waals surface area (Å²) in [6, 6.07) is 25.0. The van der Waals surface area contributed by atoms with Gasteiger partial charge in [-0.1, -0.05) is 67.9 Å². The van der Waals surface area contributed by atoms with Crippen LogP contribution in [0.25, 0.3) is 0 Å². The first-order chi connectivity index (χ1) is 19.5. The first-order valence-electron chi connectivity index (χ1n) is 13.2. The molecule has 2 unspecified atom stereocenters. The summed E-state index contributed by atoms with van der Waals surface area (Å²) < 4.78 is 28.8. The van der Waals surface area contributed by atoms with E-state index in [1.54, 1.807) is 91.0 Å². The van der Waals surface area contributed by atoms with Crippen molar-refractivity contribution >= 4 is 17.9 Å². The van der Waals surface area contributed by atoms with Crippen molar-refractivity contribution in [2.24, 2.45) is 0 Å². The Morgan fingerprint density at radius 2 is 1.18 bits per heavy atom. The van der Waals surface area contributed by atoms with Crippen LogP contribution in [0.5, 0.6) is 0 Å². The molecule has 1 N–H and O–H groups in total. The molecule has 0 amide bonds. The molecule has 9 heteroatoms. The number of rotatable bonds is 11. The zero-order chi connectivity index (χ0) is 28.3. The van der Waals surface area contributed by atoms with E-state index >= 15 is 0 Å². The van der Waals surface area contributed by atoms with E-state index in [9.17, 15) is 19.5 Å². The van der Waals surface area contributed by atoms with Crippen LogP contribution in [0.1, 0.15) is 50.8 Å². The average Bonchev–Trinajstić information content (AvgIpc) is 3.00. The maximum absolute atomic E-state index is 13.1. The molecule has 0 aliphatic carbocycles. The molecular formula is C31H32O9. The number of aliphatic hydroxyl groups is 1. The van der Waals surface area contributed by atoms with Gasteiger partial charge in [-0.15, -0.1) is 0 Å². The fourth-order valence-electron chi connectivity index (χ4n) is 4.20. The van der Waals surface area contributed by atoms with Crippen LogP contribution in [0.15, 0.2) is 91.0 Å². The first kappa shape index (κ1) is 28.9. The Balaban J connectivity index is 1.60. The molecular weight excluding hydrogens is 516 g/mol. The van der Waals surface area contributed by atoms with Gasteiger partial charge in [0.2, 0.25) is 0 Å². The molecule has 1 saturated heterocycles. The molecule has 40 heavy (non-hydrogen) atoms. The van der Waals surface area contributed by atoms with Crippen molar-refractivity contribution in [2.45, 2.75) is 50.5 Å². The van der Waals surface area contributed by atoms with Crippen molar-refractivity contribution in [1.29, 1.82) is 0 Å². The third-order valence-electron chi connectivity index (χ3n) is 6.31. The van der Waals surface area contributed by atoms with Crippen LogP contribution in [0.2, 0.25) is 0 Å². The Morgan fingerprint density at radius 3 is 1.68 bits per heavy atom. The number of benzene rings is 3. The second kappa shape index (κ2) is 14.4. The monoisotopic (exact) mass is 548 g/mol. The summed E-state index contributed by atoms with van der Waals surface area (Å²) in [7, 11) is 0. The fraction of sp³-hybridized carbons (Fsp3) is 0.323. The van der Waals surface area contributed by atoms with Gasteiger partial charge in [-0.05, 0) is 42.8 Å². The molecule has 1 aliphatic rings. The van der Waals surface area contributed by atoms with Gasteiger partial charge in [0.25, 0.3) is 0 Å². The highest BCUT2D eigenvalue weighted by Crippen LogP contribution is 2.29. The highest BCUT2D eigenvalue weighted by atomic mass is 16.7. The Hall–Kier alpha value is -4.05. The third-order valence-corrected chi connectivity index (χ3v) is 6.31. The van der Waals surface area contributed by atoms with Crippen molar-refractivity contribution in [2.75, 3.05) is 13.2 Å². The summed E-state index contributed by atoms with van der Waals surface area (Å²) in [5.41, 5.74) is 0.861. The molecule has 4 rings (SSSR count). The summed E-state index contributed by atoms with van der Waals surface area (Å²) in [5, 5.41) is 11.0. The molecule has 210 valence electrons. The van der Waals surface area contributed by atoms with Crippen LogP contribution in [0.3, 0.4) is 0 Å². The smallest absolute Gasteiger partial charge is 0.338 e. The van der Waals surface area contributed by atoms with Crippen LogP contribution < -0.4 is 0 Å². The van der Waals surface area contributed by atoms with Gasteiger partial charge in [0.05, 0.1) is 16.7 Å². The predicted octanol–water partition coefficient (Wildman–Crippen LogP) is 4.20. The van der Waals surface area contributed by atoms with Crippen molar-refractivity contribution in [3.63, 3.8) is 0 Å². The topological polar surface area (TPSA) is 118 Å². The number of carbonyl (C=O) groups excluding carboxylic acids is 3. The van der Waals surface area contributed by atoms with Gasteiger partial charge in [-0.2, -0.15) is 0 Å². The SMILES string of the molecule is CCCCOC1[C@H](OC(=O)c2ccccc2)C(COC(=O)c2ccccc2)O[C@@H](O)[C@H]1OC(=O)c1ccccc1. The summed E-state index contributed by atoms with van der Waals surface area (Å²) in [4.78, 5) is 38.7. The lowest BCUT2D eigenvalue weighted by Gasteiger charge is -2.43. The molecule has 9 nitrogen and oxygen atoms in total. The van der Waals surface area contributed by atoms with E-state index in [1.165, 1.54) is 0 Å². The fourth-order valence-corrected chi connectivity index (χ4v) is 4.20. The van der Waals surface area contributed by atoms with Gasteiger partial charge in [0, 0.05) is 6.61 Å². The second-order valence-corrected chi connectivity index (χ2v) is 9.19. The minimum Gasteiger partial charge on any atom is -0.459 e. The average molecular weight is 549 g/mol. The summed E-state index contributed by atoms with van der Waals surface area (Å²) >= 11 is 0. The zero-order valence-corrected chi connectivity index (χ0v) is 22.1. The number of unbranched alkanes of at least 4 members (excludes halogenated alkanes) is 1. The van der Waals surface area contributed by atoms with E-state index in [2.05, 4.69) is 0 Å². The van der Waals surface area contributed by atoms with Gasteiger partial charge < -0.3 is 28.8 Å². The molecule has 0 bridgehead atoms. The lowest BCUT2D eigenvalue weighted by Crippen LogP contribution is -2.62. The number of esters is 3. The van der Waals surface area contributed by atoms with Crippen LogP contribution >= 0.6 is 0 Å². The summed E-state index contributed by atoms with van der Waals surface area (Å²) in [6.07, 6.45) is -4.92. The Bertz CT molecular complexity index is 1230. The highest BCUT2D eigenvalue weighted by Gasteiger charge is 2.51. The third kappa shape index (κ3) is 7.53. The lowest BCUT2D eigenvalue weighted by molar-refractivity contribution is -0.292. The highest BCUT2D eigenvalue weighted by molar-refractivity contribution is 5.90. The predicted molar refractivity (Wildman–Crippen MR) is 144 cm³/mol. The van der Waals surface area contributed by atoms with E-state index in [-0.39, 0.29) is 24.3 Å². The maximum atomic E-state index is 13.1. The Kier molecular flexibility index (Phi) is 10.4. The molecule has 0 radical (unpaired) electrons. The lowest BCUT2D eigenvalue weighted by atomic mass is 9.98. The largest absolute Gasteiger partial charge is 0.459 e. The molecule has 1 fully saturated rings. The van der Waals surface area contributed by atoms with E-state index in [0.717, 1.165) is 6.42 Å². The number of carbonyl (C=O) groups is 3. The summed E-state index contributed by atoms with van der Waals surface area (Å²) in [5.74, 6) is -2.01. The van der Waals surface area contributed by atoms with Crippen LogP contribution in [-0.4, -0.2) is 66.9 Å². The van der Waals surface area contributed by atoms with Crippen LogP contribution in [-0.2, 0) is 23.7 Å². The Morgan fingerprint density at radius 1 is 0.700 bits per heavy atom. The molecule has 0 saturated carbocycles. The number of hydrogen-bond acceptors (Lipinski definition) is 9. The number of ether oxygens (including phenoxy) is 5. The van der Waals surface area contributed by atoms with Crippen molar-refractivity contribution in [3.05, 3.63) is 108 Å². The molecule has 1 heterocycles. The van der Waals surface area contributed by atoms with Gasteiger partial charge in [0.15, 0.2) is 18.5 Å². The van der Waals surface area contributed by atoms with Crippen LogP contribution in [0, 0.1) is 0 Å². The standard InChI is InChI=1S/C31H32O9/c1-2-3-19-36-26-25(39-29(33)22-15-9-5-10-16-22)24(20-37-28(32)21-13-7-4-8-14-21)38-31(35)27(26)40-30(34)23-17-11-6-12-18-23/h4-18,24-27,31,35H,2-3,19-20H2,1H3/t24?,25-,26?,27+,31-/m1/s1. The van der Waals surface area contributed by atoms with Gasteiger partial charge in [0.1, 0.15) is 18.8 Å². The zero-order valence-electron chi connectivity index (χ0n) is 22.1. The minimum atomic E-state index is -1.65. The molecule has 3 aromatic rings. The second-order valence-electron chi connectivity index (χ2n) is 9.19. The van der Waals surface area contributed by atoms with Gasteiger partial charge in [-0.3, -0.25) is 0 Å². The van der Waals surface area contributed by atoms with E-state index < -0.39 is 48.6 Å². The molecule has 0 spiro atoms. The Labute approximate surface area is 232 Å². The molecule has 0 aromatic heterocycles. The van der Waals surface area contributed by atoms with Crippen molar-refractivity contribution in [1.82, 2.24) is 0 Å².